The molecule has 0 rings (SSSR count). The topological polar surface area (TPSA) is 68.3 Å². The lowest BCUT2D eigenvalue weighted by molar-refractivity contribution is -0.124. The molecule has 0 aromatic rings. The maximum Gasteiger partial charge on any atom is 0.137 e. The molecule has 0 aromatic carbocycles. The van der Waals surface area contributed by atoms with Crippen LogP contribution < -0.4 is 0 Å². The van der Waals surface area contributed by atoms with Crippen molar-refractivity contribution in [3.63, 3.8) is 0 Å². The summed E-state index contributed by atoms with van der Waals surface area (Å²) in [6.45, 7) is 9.63. The zero-order chi connectivity index (χ0) is 14.4. The molecule has 0 bridgehead atoms. The minimum absolute atomic E-state index is 0.0625. The first-order valence-corrected chi connectivity index (χ1v) is 5.64. The number of carbonyl (C=O) groups excluding carboxylic acids is 4. The summed E-state index contributed by atoms with van der Waals surface area (Å²) in [6.07, 6.45) is 1.47. The molecule has 100 valence electrons. The molecule has 0 heterocycles. The van der Waals surface area contributed by atoms with Crippen molar-refractivity contribution < 1.29 is 19.2 Å². The second-order valence-corrected chi connectivity index (χ2v) is 3.73. The molecule has 0 saturated carbocycles. The van der Waals surface area contributed by atoms with Crippen LogP contribution >= 0.6 is 0 Å². The molecule has 0 unspecified atom stereocenters. The normalized spacial score (nSPS) is 7.88. The first-order valence-electron chi connectivity index (χ1n) is 5.64. The van der Waals surface area contributed by atoms with Gasteiger partial charge in [0.15, 0.2) is 0 Å². The van der Waals surface area contributed by atoms with Gasteiger partial charge in [-0.15, -0.1) is 0 Å². The second-order valence-electron chi connectivity index (χ2n) is 3.73. The van der Waals surface area contributed by atoms with E-state index in [1.54, 1.807) is 0 Å². The third-order valence-corrected chi connectivity index (χ3v) is 1.29. The first-order chi connectivity index (χ1) is 7.67. The van der Waals surface area contributed by atoms with Gasteiger partial charge in [-0.2, -0.15) is 0 Å². The van der Waals surface area contributed by atoms with Crippen molar-refractivity contribution in [1.29, 1.82) is 0 Å². The summed E-state index contributed by atoms with van der Waals surface area (Å²) in [7, 11) is 0. The van der Waals surface area contributed by atoms with Gasteiger partial charge in [-0.3, -0.25) is 14.4 Å². The Labute approximate surface area is 104 Å². The van der Waals surface area contributed by atoms with Crippen LogP contribution in [0, 0.1) is 0 Å². The number of ketones is 4. The van der Waals surface area contributed by atoms with E-state index in [0.717, 1.165) is 0 Å². The van der Waals surface area contributed by atoms with E-state index in [2.05, 4.69) is 0 Å². The second kappa shape index (κ2) is 14.7. The minimum atomic E-state index is -0.0625. The van der Waals surface area contributed by atoms with Gasteiger partial charge in [0.1, 0.15) is 23.1 Å². The molecule has 4 nitrogen and oxygen atoms in total. The van der Waals surface area contributed by atoms with Gasteiger partial charge in [0.25, 0.3) is 0 Å². The van der Waals surface area contributed by atoms with Gasteiger partial charge in [-0.05, 0) is 27.7 Å². The van der Waals surface area contributed by atoms with Crippen molar-refractivity contribution in [3.8, 4) is 0 Å². The molecule has 0 spiro atoms. The molecular formula is C13H24O4. The molecule has 0 fully saturated rings. The van der Waals surface area contributed by atoms with Crippen molar-refractivity contribution >= 4 is 23.1 Å². The lowest BCUT2D eigenvalue weighted by atomic mass is 10.2. The molecule has 4 heteroatoms. The van der Waals surface area contributed by atoms with Gasteiger partial charge in [0, 0.05) is 12.8 Å². The highest BCUT2D eigenvalue weighted by Crippen LogP contribution is 1.83. The Morgan fingerprint density at radius 1 is 0.706 bits per heavy atom. The Morgan fingerprint density at radius 3 is 0.941 bits per heavy atom. The highest BCUT2D eigenvalue weighted by molar-refractivity contribution is 5.96. The van der Waals surface area contributed by atoms with Crippen LogP contribution in [0.25, 0.3) is 0 Å². The molecule has 0 N–H and O–H groups in total. The van der Waals surface area contributed by atoms with Crippen LogP contribution in [0.4, 0.5) is 0 Å². The summed E-state index contributed by atoms with van der Waals surface area (Å²) < 4.78 is 0. The molecule has 17 heavy (non-hydrogen) atoms. The van der Waals surface area contributed by atoms with E-state index in [0.29, 0.717) is 18.6 Å². The number of carbonyl (C=O) groups is 4. The van der Waals surface area contributed by atoms with Crippen LogP contribution in [0.5, 0.6) is 0 Å². The fraction of sp³-hybridized carbons (Fsp3) is 0.692. The number of hydrogen-bond donors (Lipinski definition) is 0. The van der Waals surface area contributed by atoms with Crippen molar-refractivity contribution in [2.24, 2.45) is 0 Å². The van der Waals surface area contributed by atoms with Crippen molar-refractivity contribution in [2.45, 2.75) is 60.8 Å². The van der Waals surface area contributed by atoms with Gasteiger partial charge in [-0.25, -0.2) is 0 Å². The molecule has 0 radical (unpaired) electrons. The lowest BCUT2D eigenvalue weighted by Crippen LogP contribution is -1.97. The standard InChI is InChI=1S/C5H8O2.C5H10O.C3H6O/c1-4(6)3-5(2)7;1-3-5(6)4-2;1-3(2)4/h3H2,1-2H3;3-4H2,1-2H3;1-2H3. The van der Waals surface area contributed by atoms with Crippen molar-refractivity contribution in [3.05, 3.63) is 0 Å². The largest absolute Gasteiger partial charge is 0.300 e. The number of rotatable bonds is 4. The van der Waals surface area contributed by atoms with Crippen LogP contribution in [0.15, 0.2) is 0 Å². The monoisotopic (exact) mass is 244 g/mol. The van der Waals surface area contributed by atoms with E-state index in [1.165, 1.54) is 27.7 Å². The maximum absolute atomic E-state index is 10.2. The van der Waals surface area contributed by atoms with E-state index in [1.807, 2.05) is 13.8 Å². The van der Waals surface area contributed by atoms with Crippen LogP contribution in [0.1, 0.15) is 60.8 Å². The molecule has 0 saturated heterocycles. The lowest BCUT2D eigenvalue weighted by Gasteiger charge is -1.81. The average Bonchev–Trinajstić information content (AvgIpc) is 2.14. The maximum atomic E-state index is 10.2. The van der Waals surface area contributed by atoms with Crippen LogP contribution in [-0.2, 0) is 19.2 Å². The van der Waals surface area contributed by atoms with Crippen molar-refractivity contribution in [1.82, 2.24) is 0 Å². The van der Waals surface area contributed by atoms with Gasteiger partial charge in [0.2, 0.25) is 0 Å². The summed E-state index contributed by atoms with van der Waals surface area (Å²) in [5.74, 6) is 0.384. The molecule has 0 aliphatic heterocycles. The third kappa shape index (κ3) is 52.9. The Hall–Kier alpha value is -1.32. The Morgan fingerprint density at radius 2 is 0.941 bits per heavy atom. The Balaban J connectivity index is -0.000000180. The molecular weight excluding hydrogens is 220 g/mol. The Bertz CT molecular complexity index is 232. The highest BCUT2D eigenvalue weighted by atomic mass is 16.1. The average molecular weight is 244 g/mol. The Kier molecular flexibility index (Phi) is 18.1. The van der Waals surface area contributed by atoms with E-state index >= 15 is 0 Å². The number of hydrogen-bond acceptors (Lipinski definition) is 4. The van der Waals surface area contributed by atoms with Crippen LogP contribution in [0.2, 0.25) is 0 Å². The first kappa shape index (κ1) is 21.0. The fourth-order valence-corrected chi connectivity index (χ4v) is 0.601. The van der Waals surface area contributed by atoms with Crippen LogP contribution in [-0.4, -0.2) is 23.1 Å². The summed E-state index contributed by atoms with van der Waals surface area (Å²) in [6, 6.07) is 0. The predicted octanol–water partition coefficient (Wildman–Crippen LogP) is 2.53. The summed E-state index contributed by atoms with van der Waals surface area (Å²) in [5.41, 5.74) is 0. The minimum Gasteiger partial charge on any atom is -0.300 e. The van der Waals surface area contributed by atoms with Gasteiger partial charge in [0.05, 0.1) is 6.42 Å². The summed E-state index contributed by atoms with van der Waals surface area (Å²) in [4.78, 5) is 39.7. The van der Waals surface area contributed by atoms with Crippen molar-refractivity contribution in [2.75, 3.05) is 0 Å². The molecule has 0 atom stereocenters. The number of Topliss-reactive ketones (excluding diaryl/α,β-unsaturated/α-hetero) is 4. The smallest absolute Gasteiger partial charge is 0.137 e. The highest BCUT2D eigenvalue weighted by Gasteiger charge is 1.94. The van der Waals surface area contributed by atoms with E-state index < -0.39 is 0 Å². The van der Waals surface area contributed by atoms with E-state index in [9.17, 15) is 19.2 Å². The fourth-order valence-electron chi connectivity index (χ4n) is 0.601. The van der Waals surface area contributed by atoms with Gasteiger partial charge >= 0.3 is 0 Å². The molecule has 0 aliphatic carbocycles. The molecule has 0 aliphatic rings. The van der Waals surface area contributed by atoms with Gasteiger partial charge < -0.3 is 4.79 Å². The molecule has 0 aromatic heterocycles. The van der Waals surface area contributed by atoms with Crippen LogP contribution in [0.3, 0.4) is 0 Å². The summed E-state index contributed by atoms with van der Waals surface area (Å²) >= 11 is 0. The predicted molar refractivity (Wildman–Crippen MR) is 67.9 cm³/mol. The van der Waals surface area contributed by atoms with Gasteiger partial charge in [-0.1, -0.05) is 13.8 Å². The molecule has 0 amide bonds. The zero-order valence-electron chi connectivity index (χ0n) is 11.8. The van der Waals surface area contributed by atoms with E-state index in [-0.39, 0.29) is 23.8 Å². The quantitative estimate of drug-likeness (QED) is 0.712. The SMILES string of the molecule is CC(=O)CC(C)=O.CC(C)=O.CCC(=O)CC. The van der Waals surface area contributed by atoms with E-state index in [4.69, 9.17) is 0 Å². The zero-order valence-corrected chi connectivity index (χ0v) is 11.8. The third-order valence-electron chi connectivity index (χ3n) is 1.29. The summed E-state index contributed by atoms with van der Waals surface area (Å²) in [5, 5.41) is 0.